The van der Waals surface area contributed by atoms with Crippen LogP contribution >= 0.6 is 0 Å². The fourth-order valence-corrected chi connectivity index (χ4v) is 3.68. The summed E-state index contributed by atoms with van der Waals surface area (Å²) in [5.74, 6) is 2.14. The molecule has 17 heavy (non-hydrogen) atoms. The van der Waals surface area contributed by atoms with Crippen LogP contribution in [0.15, 0.2) is 0 Å². The molecule has 2 aliphatic carbocycles. The summed E-state index contributed by atoms with van der Waals surface area (Å²) in [6.07, 6.45) is 11.0. The molecular weight excluding hydrogens is 212 g/mol. The number of carbonyl (C=O) groups is 1. The van der Waals surface area contributed by atoms with Crippen LogP contribution in [-0.4, -0.2) is 19.0 Å². The molecule has 0 atom stereocenters. The molecule has 0 aromatic rings. The maximum Gasteiger partial charge on any atom is 0.123 e. The maximum atomic E-state index is 10.8. The molecule has 2 nitrogen and oxygen atoms in total. The Hall–Kier alpha value is -0.370. The van der Waals surface area contributed by atoms with Crippen molar-refractivity contribution in [3.8, 4) is 0 Å². The van der Waals surface area contributed by atoms with Crippen LogP contribution in [0.25, 0.3) is 0 Å². The highest BCUT2D eigenvalue weighted by atomic mass is 16.5. The van der Waals surface area contributed by atoms with Crippen molar-refractivity contribution >= 4 is 6.29 Å². The second-order valence-corrected chi connectivity index (χ2v) is 6.30. The van der Waals surface area contributed by atoms with Crippen molar-refractivity contribution in [3.63, 3.8) is 0 Å². The highest BCUT2D eigenvalue weighted by molar-refractivity contribution is 5.53. The zero-order valence-corrected chi connectivity index (χ0v) is 11.3. The van der Waals surface area contributed by atoms with Gasteiger partial charge in [-0.2, -0.15) is 0 Å². The summed E-state index contributed by atoms with van der Waals surface area (Å²) in [5, 5.41) is 0. The van der Waals surface area contributed by atoms with Gasteiger partial charge in [0.25, 0.3) is 0 Å². The minimum atomic E-state index is 0.135. The summed E-state index contributed by atoms with van der Waals surface area (Å²) in [6.45, 7) is 2.24. The topological polar surface area (TPSA) is 26.3 Å². The quantitative estimate of drug-likeness (QED) is 0.702. The normalized spacial score (nSPS) is 43.3. The third kappa shape index (κ3) is 3.09. The molecule has 0 amide bonds. The number of aldehydes is 1. The van der Waals surface area contributed by atoms with Crippen molar-refractivity contribution in [2.45, 2.75) is 63.9 Å². The predicted octanol–water partition coefficient (Wildman–Crippen LogP) is 3.59. The Kier molecular flexibility index (Phi) is 4.24. The van der Waals surface area contributed by atoms with Crippen molar-refractivity contribution in [1.29, 1.82) is 0 Å². The van der Waals surface area contributed by atoms with Gasteiger partial charge < -0.3 is 9.53 Å². The van der Waals surface area contributed by atoms with Crippen molar-refractivity contribution in [2.24, 2.45) is 17.8 Å². The van der Waals surface area contributed by atoms with Gasteiger partial charge in [-0.1, -0.05) is 0 Å². The smallest absolute Gasteiger partial charge is 0.123 e. The molecule has 0 aromatic carbocycles. The van der Waals surface area contributed by atoms with E-state index >= 15 is 0 Å². The molecule has 0 N–H and O–H groups in total. The Morgan fingerprint density at radius 1 is 1.00 bits per heavy atom. The molecule has 2 aliphatic rings. The summed E-state index contributed by atoms with van der Waals surface area (Å²) in [4.78, 5) is 10.8. The van der Waals surface area contributed by atoms with Gasteiger partial charge in [0.05, 0.1) is 5.60 Å². The van der Waals surface area contributed by atoms with Gasteiger partial charge in [0, 0.05) is 13.0 Å². The molecule has 2 rings (SSSR count). The highest BCUT2D eigenvalue weighted by Crippen LogP contribution is 2.42. The van der Waals surface area contributed by atoms with Gasteiger partial charge >= 0.3 is 0 Å². The largest absolute Gasteiger partial charge is 0.379 e. The Bertz CT molecular complexity index is 246. The maximum absolute atomic E-state index is 10.8. The molecular formula is C15H26O2. The first-order valence-electron chi connectivity index (χ1n) is 7.17. The summed E-state index contributed by atoms with van der Waals surface area (Å²) in [6, 6.07) is 0. The monoisotopic (exact) mass is 238 g/mol. The van der Waals surface area contributed by atoms with E-state index in [1.165, 1.54) is 44.8 Å². The van der Waals surface area contributed by atoms with E-state index in [4.69, 9.17) is 4.74 Å². The van der Waals surface area contributed by atoms with Crippen LogP contribution < -0.4 is 0 Å². The highest BCUT2D eigenvalue weighted by Gasteiger charge is 2.35. The third-order valence-electron chi connectivity index (χ3n) is 5.26. The number of hydrogen-bond acceptors (Lipinski definition) is 2. The minimum absolute atomic E-state index is 0.135. The molecule has 0 aliphatic heterocycles. The molecule has 2 saturated carbocycles. The lowest BCUT2D eigenvalue weighted by atomic mass is 9.68. The summed E-state index contributed by atoms with van der Waals surface area (Å²) in [7, 11) is 1.84. The average molecular weight is 238 g/mol. The molecule has 0 bridgehead atoms. The Labute approximate surface area is 105 Å². The van der Waals surface area contributed by atoms with E-state index < -0.39 is 0 Å². The van der Waals surface area contributed by atoms with Gasteiger partial charge in [0.2, 0.25) is 0 Å². The number of rotatable bonds is 3. The van der Waals surface area contributed by atoms with Crippen molar-refractivity contribution in [1.82, 2.24) is 0 Å². The van der Waals surface area contributed by atoms with Crippen molar-refractivity contribution < 1.29 is 9.53 Å². The number of carbonyl (C=O) groups excluding carboxylic acids is 1. The van der Waals surface area contributed by atoms with Gasteiger partial charge in [-0.25, -0.2) is 0 Å². The number of methoxy groups -OCH3 is 1. The lowest BCUT2D eigenvalue weighted by Gasteiger charge is -2.41. The second kappa shape index (κ2) is 5.51. The van der Waals surface area contributed by atoms with Gasteiger partial charge in [-0.3, -0.25) is 0 Å². The standard InChI is InChI=1S/C15H26O2/c1-15(17-2)9-7-14(8-10-15)13-5-3-12(11-16)4-6-13/h11-14H,3-10H2,1-2H3. The van der Waals surface area contributed by atoms with Crippen molar-refractivity contribution in [3.05, 3.63) is 0 Å². The molecule has 0 radical (unpaired) electrons. The molecule has 0 aromatic heterocycles. The van der Waals surface area contributed by atoms with Gasteiger partial charge in [0.1, 0.15) is 6.29 Å². The second-order valence-electron chi connectivity index (χ2n) is 6.30. The van der Waals surface area contributed by atoms with Crippen LogP contribution in [0.1, 0.15) is 58.3 Å². The molecule has 0 heterocycles. The van der Waals surface area contributed by atoms with Crippen LogP contribution in [0.4, 0.5) is 0 Å². The Balaban J connectivity index is 1.80. The van der Waals surface area contributed by atoms with E-state index in [0.29, 0.717) is 5.92 Å². The van der Waals surface area contributed by atoms with E-state index in [0.717, 1.165) is 24.7 Å². The number of ether oxygens (including phenoxy) is 1. The van der Waals surface area contributed by atoms with E-state index in [1.807, 2.05) is 7.11 Å². The summed E-state index contributed by atoms with van der Waals surface area (Å²) < 4.78 is 5.60. The Morgan fingerprint density at radius 3 is 2.00 bits per heavy atom. The predicted molar refractivity (Wildman–Crippen MR) is 68.9 cm³/mol. The fraction of sp³-hybridized carbons (Fsp3) is 0.933. The van der Waals surface area contributed by atoms with E-state index in [2.05, 4.69) is 6.92 Å². The van der Waals surface area contributed by atoms with Gasteiger partial charge in [0.15, 0.2) is 0 Å². The summed E-state index contributed by atoms with van der Waals surface area (Å²) >= 11 is 0. The van der Waals surface area contributed by atoms with Crippen molar-refractivity contribution in [2.75, 3.05) is 7.11 Å². The first kappa shape index (κ1) is 13.1. The minimum Gasteiger partial charge on any atom is -0.379 e. The molecule has 98 valence electrons. The van der Waals surface area contributed by atoms with Gasteiger partial charge in [-0.05, 0) is 70.1 Å². The first-order chi connectivity index (χ1) is 8.17. The zero-order chi connectivity index (χ0) is 12.3. The van der Waals surface area contributed by atoms with E-state index in [1.54, 1.807) is 0 Å². The van der Waals surface area contributed by atoms with Crippen LogP contribution in [0, 0.1) is 17.8 Å². The molecule has 2 fully saturated rings. The summed E-state index contributed by atoms with van der Waals surface area (Å²) in [5.41, 5.74) is 0.135. The number of hydrogen-bond donors (Lipinski definition) is 0. The van der Waals surface area contributed by atoms with Crippen LogP contribution in [0.2, 0.25) is 0 Å². The third-order valence-corrected chi connectivity index (χ3v) is 5.26. The first-order valence-corrected chi connectivity index (χ1v) is 7.17. The molecule has 0 unspecified atom stereocenters. The zero-order valence-electron chi connectivity index (χ0n) is 11.3. The molecule has 2 heteroatoms. The SMILES string of the molecule is COC1(C)CCC(C2CCC(C=O)CC2)CC1. The van der Waals surface area contributed by atoms with Crippen LogP contribution in [0.5, 0.6) is 0 Å². The van der Waals surface area contributed by atoms with Gasteiger partial charge in [-0.15, -0.1) is 0 Å². The fourth-order valence-electron chi connectivity index (χ4n) is 3.68. The Morgan fingerprint density at radius 2 is 1.53 bits per heavy atom. The molecule has 0 spiro atoms. The van der Waals surface area contributed by atoms with E-state index in [9.17, 15) is 4.79 Å². The average Bonchev–Trinajstić information content (AvgIpc) is 2.40. The molecule has 0 saturated heterocycles. The van der Waals surface area contributed by atoms with Crippen LogP contribution in [-0.2, 0) is 9.53 Å². The lowest BCUT2D eigenvalue weighted by Crippen LogP contribution is -2.35. The van der Waals surface area contributed by atoms with Crippen LogP contribution in [0.3, 0.4) is 0 Å². The van der Waals surface area contributed by atoms with E-state index in [-0.39, 0.29) is 5.60 Å². The lowest BCUT2D eigenvalue weighted by molar-refractivity contribution is -0.112.